The highest BCUT2D eigenvalue weighted by atomic mass is 32.2. The third-order valence-corrected chi connectivity index (χ3v) is 6.21. The Bertz CT molecular complexity index is 578. The van der Waals surface area contributed by atoms with E-state index in [1.165, 1.54) is 4.31 Å². The van der Waals surface area contributed by atoms with Crippen LogP contribution in [0.25, 0.3) is 0 Å². The summed E-state index contributed by atoms with van der Waals surface area (Å²) in [5, 5.41) is 3.08. The second kappa shape index (κ2) is 7.38. The molecule has 0 atom stereocenters. The molecule has 1 rings (SSSR count). The molecule has 0 aliphatic carbocycles. The highest BCUT2D eigenvalue weighted by Gasteiger charge is 2.28. The van der Waals surface area contributed by atoms with E-state index in [2.05, 4.69) is 5.32 Å². The molecule has 21 heavy (non-hydrogen) atoms. The molecular formula is C16H28N2O2S. The highest BCUT2D eigenvalue weighted by molar-refractivity contribution is 7.89. The third-order valence-electron chi connectivity index (χ3n) is 4.17. The van der Waals surface area contributed by atoms with E-state index in [1.807, 2.05) is 40.8 Å². The lowest BCUT2D eigenvalue weighted by Crippen LogP contribution is -2.36. The molecule has 0 radical (unpaired) electrons. The van der Waals surface area contributed by atoms with E-state index in [-0.39, 0.29) is 6.04 Å². The molecule has 0 fully saturated rings. The average molecular weight is 312 g/mol. The van der Waals surface area contributed by atoms with Crippen molar-refractivity contribution in [1.82, 2.24) is 9.62 Å². The van der Waals surface area contributed by atoms with Gasteiger partial charge in [-0.3, -0.25) is 0 Å². The second-order valence-corrected chi connectivity index (χ2v) is 7.52. The van der Waals surface area contributed by atoms with Crippen LogP contribution in [0.2, 0.25) is 0 Å². The van der Waals surface area contributed by atoms with Gasteiger partial charge in [-0.1, -0.05) is 19.9 Å². The summed E-state index contributed by atoms with van der Waals surface area (Å²) in [5.41, 5.74) is 2.85. The fourth-order valence-corrected chi connectivity index (χ4v) is 4.48. The van der Waals surface area contributed by atoms with Gasteiger partial charge in [0.05, 0.1) is 4.90 Å². The van der Waals surface area contributed by atoms with Gasteiger partial charge in [-0.15, -0.1) is 0 Å². The minimum Gasteiger partial charge on any atom is -0.316 e. The van der Waals surface area contributed by atoms with E-state index in [0.717, 1.165) is 29.5 Å². The Balaban J connectivity index is 3.36. The highest BCUT2D eigenvalue weighted by Crippen LogP contribution is 2.26. The van der Waals surface area contributed by atoms with Crippen LogP contribution < -0.4 is 5.32 Å². The minimum absolute atomic E-state index is 0.0441. The third kappa shape index (κ3) is 3.84. The second-order valence-electron chi connectivity index (χ2n) is 5.56. The molecule has 120 valence electrons. The standard InChI is InChI=1S/C16H28N2O2S/c1-7-15(8-2)18(6)21(19,20)16-10-14(11-17-5)9-12(3)13(16)4/h9-10,15,17H,7-8,11H2,1-6H3. The quantitative estimate of drug-likeness (QED) is 0.842. The number of hydrogen-bond donors (Lipinski definition) is 1. The number of rotatable bonds is 7. The van der Waals surface area contributed by atoms with Crippen molar-refractivity contribution in [3.8, 4) is 0 Å². The van der Waals surface area contributed by atoms with Gasteiger partial charge in [0.1, 0.15) is 0 Å². The zero-order valence-electron chi connectivity index (χ0n) is 14.0. The zero-order chi connectivity index (χ0) is 16.2. The maximum Gasteiger partial charge on any atom is 0.243 e. The number of hydrogen-bond acceptors (Lipinski definition) is 3. The van der Waals surface area contributed by atoms with Crippen molar-refractivity contribution >= 4 is 10.0 Å². The Kier molecular flexibility index (Phi) is 6.38. The van der Waals surface area contributed by atoms with Gasteiger partial charge in [0, 0.05) is 19.6 Å². The van der Waals surface area contributed by atoms with Gasteiger partial charge < -0.3 is 5.32 Å². The zero-order valence-corrected chi connectivity index (χ0v) is 14.8. The van der Waals surface area contributed by atoms with Gasteiger partial charge in [-0.25, -0.2) is 8.42 Å². The van der Waals surface area contributed by atoms with Crippen molar-refractivity contribution in [2.75, 3.05) is 14.1 Å². The van der Waals surface area contributed by atoms with Crippen LogP contribution in [0, 0.1) is 13.8 Å². The molecule has 0 bridgehead atoms. The van der Waals surface area contributed by atoms with Gasteiger partial charge in [0.15, 0.2) is 0 Å². The summed E-state index contributed by atoms with van der Waals surface area (Å²) in [6.07, 6.45) is 1.64. The summed E-state index contributed by atoms with van der Waals surface area (Å²) >= 11 is 0. The van der Waals surface area contributed by atoms with Gasteiger partial charge in [-0.2, -0.15) is 4.31 Å². The Morgan fingerprint density at radius 3 is 2.24 bits per heavy atom. The maximum absolute atomic E-state index is 12.9. The molecule has 5 heteroatoms. The van der Waals surface area contributed by atoms with Gasteiger partial charge in [-0.05, 0) is 56.5 Å². The lowest BCUT2D eigenvalue weighted by molar-refractivity contribution is 0.349. The number of nitrogens with zero attached hydrogens (tertiary/aromatic N) is 1. The molecule has 1 aromatic rings. The minimum atomic E-state index is -3.45. The van der Waals surface area contributed by atoms with Gasteiger partial charge >= 0.3 is 0 Å². The fourth-order valence-electron chi connectivity index (χ4n) is 2.63. The molecule has 0 saturated heterocycles. The van der Waals surface area contributed by atoms with E-state index >= 15 is 0 Å². The van der Waals surface area contributed by atoms with Crippen LogP contribution in [0.5, 0.6) is 0 Å². The largest absolute Gasteiger partial charge is 0.316 e. The van der Waals surface area contributed by atoms with Crippen molar-refractivity contribution in [2.24, 2.45) is 0 Å². The van der Waals surface area contributed by atoms with E-state index in [1.54, 1.807) is 13.1 Å². The number of benzene rings is 1. The normalized spacial score (nSPS) is 12.4. The van der Waals surface area contributed by atoms with Crippen molar-refractivity contribution in [1.29, 1.82) is 0 Å². The molecule has 0 heterocycles. The summed E-state index contributed by atoms with van der Waals surface area (Å²) < 4.78 is 27.4. The molecule has 1 N–H and O–H groups in total. The summed E-state index contributed by atoms with van der Waals surface area (Å²) in [5.74, 6) is 0. The van der Waals surface area contributed by atoms with Crippen molar-refractivity contribution in [2.45, 2.75) is 58.0 Å². The van der Waals surface area contributed by atoms with Crippen molar-refractivity contribution < 1.29 is 8.42 Å². The molecule has 0 amide bonds. The van der Waals surface area contributed by atoms with Crippen LogP contribution in [-0.4, -0.2) is 32.9 Å². The van der Waals surface area contributed by atoms with Gasteiger partial charge in [0.2, 0.25) is 10.0 Å². The van der Waals surface area contributed by atoms with E-state index in [0.29, 0.717) is 11.4 Å². The first kappa shape index (κ1) is 18.1. The first-order valence-corrected chi connectivity index (χ1v) is 8.96. The Labute approximate surface area is 129 Å². The molecule has 0 spiro atoms. The Hall–Kier alpha value is -0.910. The topological polar surface area (TPSA) is 49.4 Å². The first-order valence-electron chi connectivity index (χ1n) is 7.52. The summed E-state index contributed by atoms with van der Waals surface area (Å²) in [6.45, 7) is 8.56. The van der Waals surface area contributed by atoms with Crippen LogP contribution in [-0.2, 0) is 16.6 Å². The van der Waals surface area contributed by atoms with Crippen LogP contribution in [0.15, 0.2) is 17.0 Å². The van der Waals surface area contributed by atoms with E-state index in [9.17, 15) is 8.42 Å². The maximum atomic E-state index is 12.9. The lowest BCUT2D eigenvalue weighted by Gasteiger charge is -2.27. The Morgan fingerprint density at radius 2 is 1.76 bits per heavy atom. The molecule has 0 aliphatic heterocycles. The molecule has 1 aromatic carbocycles. The summed E-state index contributed by atoms with van der Waals surface area (Å²) in [4.78, 5) is 0.433. The molecule has 4 nitrogen and oxygen atoms in total. The van der Waals surface area contributed by atoms with Gasteiger partial charge in [0.25, 0.3) is 0 Å². The molecule has 0 saturated carbocycles. The molecular weight excluding hydrogens is 284 g/mol. The van der Waals surface area contributed by atoms with Crippen LogP contribution in [0.3, 0.4) is 0 Å². The molecule has 0 aromatic heterocycles. The smallest absolute Gasteiger partial charge is 0.243 e. The van der Waals surface area contributed by atoms with Crippen LogP contribution in [0.1, 0.15) is 43.4 Å². The van der Waals surface area contributed by atoms with E-state index in [4.69, 9.17) is 0 Å². The summed E-state index contributed by atoms with van der Waals surface area (Å²) in [7, 11) is 0.0970. The SMILES string of the molecule is CCC(CC)N(C)S(=O)(=O)c1cc(CNC)cc(C)c1C. The number of aryl methyl sites for hydroxylation is 1. The Morgan fingerprint density at radius 1 is 1.19 bits per heavy atom. The summed E-state index contributed by atoms with van der Waals surface area (Å²) in [6, 6.07) is 3.89. The predicted molar refractivity (Wildman–Crippen MR) is 88.0 cm³/mol. The predicted octanol–water partition coefficient (Wildman–Crippen LogP) is 2.83. The molecule has 0 aliphatic rings. The molecule has 0 unspecified atom stereocenters. The van der Waals surface area contributed by atoms with Crippen molar-refractivity contribution in [3.63, 3.8) is 0 Å². The first-order chi connectivity index (χ1) is 9.79. The lowest BCUT2D eigenvalue weighted by atomic mass is 10.1. The van der Waals surface area contributed by atoms with Crippen molar-refractivity contribution in [3.05, 3.63) is 28.8 Å². The van der Waals surface area contributed by atoms with Crippen LogP contribution >= 0.6 is 0 Å². The average Bonchev–Trinajstić information content (AvgIpc) is 2.43. The van der Waals surface area contributed by atoms with E-state index < -0.39 is 10.0 Å². The van der Waals surface area contributed by atoms with Crippen LogP contribution in [0.4, 0.5) is 0 Å². The number of nitrogens with one attached hydrogen (secondary N) is 1. The monoisotopic (exact) mass is 312 g/mol. The fraction of sp³-hybridized carbons (Fsp3) is 0.625. The number of sulfonamides is 1.